The fourth-order valence-electron chi connectivity index (χ4n) is 2.41. The number of aryl methyl sites for hydroxylation is 1. The van der Waals surface area contributed by atoms with Crippen LogP contribution in [-0.4, -0.2) is 6.54 Å². The highest BCUT2D eigenvalue weighted by Crippen LogP contribution is 2.25. The van der Waals surface area contributed by atoms with Gasteiger partial charge in [-0.3, -0.25) is 9.59 Å². The van der Waals surface area contributed by atoms with Gasteiger partial charge in [-0.2, -0.15) is 0 Å². The van der Waals surface area contributed by atoms with Gasteiger partial charge in [0, 0.05) is 16.4 Å². The van der Waals surface area contributed by atoms with E-state index in [-0.39, 0.29) is 0 Å². The van der Waals surface area contributed by atoms with Gasteiger partial charge in [0.2, 0.25) is 10.9 Å². The van der Waals surface area contributed by atoms with E-state index in [0.717, 1.165) is 12.0 Å². The fourth-order valence-corrected chi connectivity index (χ4v) is 3.45. The van der Waals surface area contributed by atoms with Gasteiger partial charge in [0.25, 0.3) is 0 Å². The van der Waals surface area contributed by atoms with Gasteiger partial charge in [0.05, 0.1) is 11.3 Å². The van der Waals surface area contributed by atoms with Crippen LogP contribution in [0, 0.1) is 6.92 Å². The summed E-state index contributed by atoms with van der Waals surface area (Å²) in [5.74, 6) is 0. The van der Waals surface area contributed by atoms with Gasteiger partial charge in [-0.05, 0) is 48.1 Å². The van der Waals surface area contributed by atoms with Crippen LogP contribution in [0.4, 0.5) is 5.69 Å². The molecule has 0 atom stereocenters. The predicted octanol–water partition coefficient (Wildman–Crippen LogP) is 3.63. The van der Waals surface area contributed by atoms with Gasteiger partial charge in [-0.1, -0.05) is 23.7 Å². The molecule has 0 aliphatic carbocycles. The predicted molar refractivity (Wildman–Crippen MR) is 93.0 cm³/mol. The zero-order valence-electron chi connectivity index (χ0n) is 12.0. The number of hydrogen-bond donors (Lipinski definition) is 1. The van der Waals surface area contributed by atoms with Crippen LogP contribution in [-0.2, 0) is 6.42 Å². The van der Waals surface area contributed by atoms with E-state index in [2.05, 4.69) is 23.7 Å². The lowest BCUT2D eigenvalue weighted by atomic mass is 9.98. The average Bonchev–Trinajstić information content (AvgIpc) is 2.93. The molecule has 0 bridgehead atoms. The van der Waals surface area contributed by atoms with Gasteiger partial charge in [-0.25, -0.2) is 0 Å². The molecular formula is C17H14ClNO2S. The lowest BCUT2D eigenvalue weighted by Gasteiger charge is -2.13. The Labute approximate surface area is 136 Å². The summed E-state index contributed by atoms with van der Waals surface area (Å²) in [6, 6.07) is 9.02. The largest absolute Gasteiger partial charge is 0.381 e. The van der Waals surface area contributed by atoms with Gasteiger partial charge in [0.1, 0.15) is 0 Å². The van der Waals surface area contributed by atoms with Crippen molar-refractivity contribution in [2.24, 2.45) is 0 Å². The van der Waals surface area contributed by atoms with E-state index in [1.54, 1.807) is 35.6 Å². The second-order valence-corrected chi connectivity index (χ2v) is 6.56. The molecule has 1 N–H and O–H groups in total. The third-order valence-corrected chi connectivity index (χ3v) is 5.00. The molecule has 0 aliphatic heterocycles. The van der Waals surface area contributed by atoms with Crippen LogP contribution < -0.4 is 16.2 Å². The van der Waals surface area contributed by atoms with Gasteiger partial charge < -0.3 is 5.32 Å². The third kappa shape index (κ3) is 2.72. The molecule has 1 aromatic heterocycles. The lowest BCUT2D eigenvalue weighted by Crippen LogP contribution is -2.36. The molecule has 0 amide bonds. The van der Waals surface area contributed by atoms with Crippen molar-refractivity contribution in [1.82, 2.24) is 0 Å². The molecule has 22 heavy (non-hydrogen) atoms. The number of benzene rings is 1. The first kappa shape index (κ1) is 15.0. The molecular weight excluding hydrogens is 318 g/mol. The molecule has 0 spiro atoms. The molecule has 2 aromatic carbocycles. The van der Waals surface area contributed by atoms with Crippen LogP contribution in [0.15, 0.2) is 45.3 Å². The van der Waals surface area contributed by atoms with Crippen molar-refractivity contribution in [1.29, 1.82) is 0 Å². The van der Waals surface area contributed by atoms with Crippen LogP contribution in [0.3, 0.4) is 0 Å². The maximum Gasteiger partial charge on any atom is 0.250 e. The normalized spacial score (nSPS) is 11.0. The molecule has 3 nitrogen and oxygen atoms in total. The van der Waals surface area contributed by atoms with Crippen LogP contribution in [0.1, 0.15) is 10.4 Å². The van der Waals surface area contributed by atoms with E-state index < -0.39 is 10.9 Å². The highest BCUT2D eigenvalue weighted by atomic mass is 35.5. The Hall–Kier alpha value is -1.91. The summed E-state index contributed by atoms with van der Waals surface area (Å²) in [4.78, 5) is 24.9. The molecule has 1 heterocycles. The van der Waals surface area contributed by atoms with Crippen LogP contribution in [0.25, 0.3) is 11.1 Å². The minimum absolute atomic E-state index is 0.418. The first-order chi connectivity index (χ1) is 10.6. The molecule has 0 saturated carbocycles. The minimum Gasteiger partial charge on any atom is -0.381 e. The van der Waals surface area contributed by atoms with E-state index >= 15 is 0 Å². The van der Waals surface area contributed by atoms with Crippen LogP contribution in [0.5, 0.6) is 0 Å². The number of nitrogens with one attached hydrogen (secondary N) is 1. The zero-order valence-corrected chi connectivity index (χ0v) is 13.6. The molecule has 0 radical (unpaired) electrons. The first-order valence-corrected chi connectivity index (χ1v) is 8.20. The Morgan fingerprint density at radius 3 is 2.45 bits per heavy atom. The Bertz CT molecular complexity index is 873. The molecule has 0 fully saturated rings. The molecule has 0 unspecified atom stereocenters. The summed E-state index contributed by atoms with van der Waals surface area (Å²) in [5.41, 5.74) is 1.99. The number of thiophene rings is 1. The second kappa shape index (κ2) is 6.07. The van der Waals surface area contributed by atoms with E-state index in [9.17, 15) is 9.59 Å². The van der Waals surface area contributed by atoms with Crippen molar-refractivity contribution in [2.45, 2.75) is 13.3 Å². The summed E-state index contributed by atoms with van der Waals surface area (Å²) in [6.45, 7) is 2.70. The van der Waals surface area contributed by atoms with Crippen molar-refractivity contribution in [3.63, 3.8) is 0 Å². The summed E-state index contributed by atoms with van der Waals surface area (Å²) in [5, 5.41) is 5.77. The lowest BCUT2D eigenvalue weighted by molar-refractivity contribution is 1.03. The van der Waals surface area contributed by atoms with Crippen molar-refractivity contribution in [3.05, 3.63) is 71.6 Å². The van der Waals surface area contributed by atoms with E-state index in [1.807, 2.05) is 0 Å². The first-order valence-electron chi connectivity index (χ1n) is 6.94. The van der Waals surface area contributed by atoms with E-state index in [1.165, 1.54) is 10.4 Å². The van der Waals surface area contributed by atoms with Crippen molar-refractivity contribution in [3.8, 4) is 11.1 Å². The van der Waals surface area contributed by atoms with Crippen molar-refractivity contribution >= 4 is 28.6 Å². The minimum atomic E-state index is -0.437. The Morgan fingerprint density at radius 1 is 1.09 bits per heavy atom. The topological polar surface area (TPSA) is 46.2 Å². The smallest absolute Gasteiger partial charge is 0.250 e. The fraction of sp³-hybridized carbons (Fsp3) is 0.176. The number of halogens is 1. The van der Waals surface area contributed by atoms with E-state index in [4.69, 9.17) is 11.6 Å². The van der Waals surface area contributed by atoms with Crippen LogP contribution >= 0.6 is 22.9 Å². The summed E-state index contributed by atoms with van der Waals surface area (Å²) >= 11 is 7.56. The van der Waals surface area contributed by atoms with Crippen molar-refractivity contribution < 1.29 is 0 Å². The highest BCUT2D eigenvalue weighted by Gasteiger charge is 2.21. The summed E-state index contributed by atoms with van der Waals surface area (Å²) in [6.07, 6.45) is 0.836. The molecule has 0 saturated heterocycles. The molecule has 5 heteroatoms. The SMILES string of the molecule is Cc1ccsc1CCNc1c(-c2ccc(Cl)cc2)c(=O)c1=O. The molecule has 0 aliphatic rings. The zero-order chi connectivity index (χ0) is 15.7. The molecule has 112 valence electrons. The summed E-state index contributed by atoms with van der Waals surface area (Å²) < 4.78 is 0. The molecule has 3 rings (SSSR count). The van der Waals surface area contributed by atoms with Gasteiger partial charge in [-0.15, -0.1) is 11.3 Å². The quantitative estimate of drug-likeness (QED) is 0.726. The Balaban J connectivity index is 1.76. The Kier molecular flexibility index (Phi) is 4.14. The standard InChI is InChI=1S/C17H14ClNO2S/c1-10-7-9-22-13(10)6-8-19-15-14(16(20)17(15)21)11-2-4-12(18)5-3-11/h2-5,7,9,19H,6,8H2,1H3. The number of anilines is 1. The summed E-state index contributed by atoms with van der Waals surface area (Å²) in [7, 11) is 0. The van der Waals surface area contributed by atoms with Gasteiger partial charge >= 0.3 is 0 Å². The number of hydrogen-bond acceptors (Lipinski definition) is 4. The maximum atomic E-state index is 11.8. The monoisotopic (exact) mass is 331 g/mol. The third-order valence-electron chi connectivity index (χ3n) is 3.67. The maximum absolute atomic E-state index is 11.8. The Morgan fingerprint density at radius 2 is 1.82 bits per heavy atom. The second-order valence-electron chi connectivity index (χ2n) is 5.12. The van der Waals surface area contributed by atoms with Gasteiger partial charge in [0.15, 0.2) is 0 Å². The van der Waals surface area contributed by atoms with Crippen LogP contribution in [0.2, 0.25) is 5.02 Å². The average molecular weight is 332 g/mol. The molecule has 3 aromatic rings. The van der Waals surface area contributed by atoms with Crippen molar-refractivity contribution in [2.75, 3.05) is 11.9 Å². The highest BCUT2D eigenvalue weighted by molar-refractivity contribution is 7.10. The van der Waals surface area contributed by atoms with E-state index in [0.29, 0.717) is 22.8 Å². The number of rotatable bonds is 5.